The molecule has 3 rings (SSSR count). The maximum atomic E-state index is 13.7. The number of benzene rings is 1. The number of aryl methyl sites for hydroxylation is 1. The first-order chi connectivity index (χ1) is 11.0. The van der Waals surface area contributed by atoms with Crippen LogP contribution >= 0.6 is 0 Å². The zero-order valence-corrected chi connectivity index (χ0v) is 13.7. The maximum absolute atomic E-state index is 13.7. The number of carbonyl (C=O) groups is 2. The van der Waals surface area contributed by atoms with Crippen LogP contribution in [0.5, 0.6) is 0 Å². The summed E-state index contributed by atoms with van der Waals surface area (Å²) in [6.45, 7) is 5.76. The van der Waals surface area contributed by atoms with E-state index in [0.29, 0.717) is 23.7 Å². The molecule has 2 amide bonds. The molecule has 4 nitrogen and oxygen atoms in total. The third-order valence-electron chi connectivity index (χ3n) is 4.91. The number of nitrogens with zero attached hydrogens (tertiary/aromatic N) is 2. The fourth-order valence-corrected chi connectivity index (χ4v) is 3.52. The first-order valence-electron chi connectivity index (χ1n) is 8.31. The molecule has 0 saturated carbocycles. The summed E-state index contributed by atoms with van der Waals surface area (Å²) in [6.07, 6.45) is 2.40. The number of likely N-dealkylation sites (tertiary alicyclic amines) is 1. The zero-order chi connectivity index (χ0) is 16.6. The zero-order valence-electron chi connectivity index (χ0n) is 13.7. The lowest BCUT2D eigenvalue weighted by Crippen LogP contribution is -2.43. The molecular weight excluding hydrogens is 295 g/mol. The molecule has 2 fully saturated rings. The molecule has 2 saturated heterocycles. The van der Waals surface area contributed by atoms with Crippen molar-refractivity contribution < 1.29 is 14.0 Å². The summed E-state index contributed by atoms with van der Waals surface area (Å²) in [6, 6.07) is 4.79. The summed E-state index contributed by atoms with van der Waals surface area (Å²) in [5, 5.41) is 0. The van der Waals surface area contributed by atoms with Gasteiger partial charge in [-0.1, -0.05) is 13.0 Å². The Balaban J connectivity index is 1.71. The number of halogens is 1. The van der Waals surface area contributed by atoms with Gasteiger partial charge in [-0.2, -0.15) is 0 Å². The van der Waals surface area contributed by atoms with E-state index in [-0.39, 0.29) is 30.0 Å². The Labute approximate surface area is 136 Å². The molecule has 23 heavy (non-hydrogen) atoms. The molecule has 0 aliphatic carbocycles. The predicted octanol–water partition coefficient (Wildman–Crippen LogP) is 2.75. The molecule has 0 bridgehead atoms. The minimum atomic E-state index is -0.324. The van der Waals surface area contributed by atoms with Gasteiger partial charge in [0.1, 0.15) is 5.82 Å². The summed E-state index contributed by atoms with van der Waals surface area (Å²) in [4.78, 5) is 28.4. The highest BCUT2D eigenvalue weighted by Gasteiger charge is 2.38. The van der Waals surface area contributed by atoms with Gasteiger partial charge >= 0.3 is 0 Å². The Morgan fingerprint density at radius 1 is 1.30 bits per heavy atom. The second kappa shape index (κ2) is 6.30. The molecule has 5 heteroatoms. The molecule has 0 aromatic heterocycles. The Morgan fingerprint density at radius 3 is 2.78 bits per heavy atom. The fourth-order valence-electron chi connectivity index (χ4n) is 3.52. The van der Waals surface area contributed by atoms with Crippen molar-refractivity contribution in [3.63, 3.8) is 0 Å². The predicted molar refractivity (Wildman–Crippen MR) is 86.6 cm³/mol. The van der Waals surface area contributed by atoms with E-state index in [1.165, 1.54) is 6.07 Å². The second-order valence-corrected chi connectivity index (χ2v) is 6.87. The maximum Gasteiger partial charge on any atom is 0.228 e. The lowest BCUT2D eigenvalue weighted by molar-refractivity contribution is -0.137. The van der Waals surface area contributed by atoms with Gasteiger partial charge in [0, 0.05) is 31.7 Å². The second-order valence-electron chi connectivity index (χ2n) is 6.87. The standard InChI is InChI=1S/C18H23FN2O2/c1-12-4-3-7-20(10-12)18(23)14-8-17(22)21(11-14)15-6-5-13(2)16(19)9-15/h5-6,9,12,14H,3-4,7-8,10-11H2,1-2H3/t12-,14+/m0/s1. The summed E-state index contributed by atoms with van der Waals surface area (Å²) < 4.78 is 13.7. The minimum Gasteiger partial charge on any atom is -0.342 e. The van der Waals surface area contributed by atoms with Gasteiger partial charge in [-0.3, -0.25) is 9.59 Å². The van der Waals surface area contributed by atoms with E-state index < -0.39 is 0 Å². The number of anilines is 1. The largest absolute Gasteiger partial charge is 0.342 e. The van der Waals surface area contributed by atoms with Crippen LogP contribution in [0.4, 0.5) is 10.1 Å². The fraction of sp³-hybridized carbons (Fsp3) is 0.556. The van der Waals surface area contributed by atoms with E-state index in [0.717, 1.165) is 25.9 Å². The molecular formula is C18H23FN2O2. The van der Waals surface area contributed by atoms with Gasteiger partial charge in [-0.05, 0) is 43.4 Å². The summed E-state index contributed by atoms with van der Waals surface area (Å²) in [7, 11) is 0. The average molecular weight is 318 g/mol. The van der Waals surface area contributed by atoms with Gasteiger partial charge in [-0.15, -0.1) is 0 Å². The molecule has 1 aromatic rings. The van der Waals surface area contributed by atoms with Crippen LogP contribution in [0, 0.1) is 24.6 Å². The van der Waals surface area contributed by atoms with Gasteiger partial charge < -0.3 is 9.80 Å². The lowest BCUT2D eigenvalue weighted by atomic mass is 9.98. The molecule has 2 heterocycles. The van der Waals surface area contributed by atoms with E-state index in [4.69, 9.17) is 0 Å². The minimum absolute atomic E-state index is 0.0694. The van der Waals surface area contributed by atoms with E-state index in [2.05, 4.69) is 6.92 Å². The number of piperidine rings is 1. The van der Waals surface area contributed by atoms with Gasteiger partial charge in [0.2, 0.25) is 11.8 Å². The Kier molecular flexibility index (Phi) is 4.37. The van der Waals surface area contributed by atoms with Crippen molar-refractivity contribution in [3.8, 4) is 0 Å². The van der Waals surface area contributed by atoms with E-state index in [9.17, 15) is 14.0 Å². The van der Waals surface area contributed by atoms with Crippen molar-refractivity contribution in [3.05, 3.63) is 29.6 Å². The molecule has 0 N–H and O–H groups in total. The quantitative estimate of drug-likeness (QED) is 0.841. The van der Waals surface area contributed by atoms with Crippen molar-refractivity contribution in [2.45, 2.75) is 33.1 Å². The van der Waals surface area contributed by atoms with Gasteiger partial charge in [-0.25, -0.2) is 4.39 Å². The third-order valence-corrected chi connectivity index (χ3v) is 4.91. The highest BCUT2D eigenvalue weighted by atomic mass is 19.1. The smallest absolute Gasteiger partial charge is 0.228 e. The molecule has 124 valence electrons. The van der Waals surface area contributed by atoms with Crippen molar-refractivity contribution >= 4 is 17.5 Å². The number of hydrogen-bond acceptors (Lipinski definition) is 2. The monoisotopic (exact) mass is 318 g/mol. The van der Waals surface area contributed by atoms with Crippen LogP contribution in [0.3, 0.4) is 0 Å². The topological polar surface area (TPSA) is 40.6 Å². The molecule has 2 aliphatic rings. The van der Waals surface area contributed by atoms with Crippen molar-refractivity contribution in [1.29, 1.82) is 0 Å². The Morgan fingerprint density at radius 2 is 2.09 bits per heavy atom. The first kappa shape index (κ1) is 16.0. The first-order valence-corrected chi connectivity index (χ1v) is 8.31. The summed E-state index contributed by atoms with van der Waals surface area (Å²) >= 11 is 0. The third kappa shape index (κ3) is 3.23. The van der Waals surface area contributed by atoms with Crippen LogP contribution in [-0.2, 0) is 9.59 Å². The highest BCUT2D eigenvalue weighted by Crippen LogP contribution is 2.28. The van der Waals surface area contributed by atoms with Crippen molar-refractivity contribution in [2.75, 3.05) is 24.5 Å². The average Bonchev–Trinajstić information content (AvgIpc) is 2.91. The van der Waals surface area contributed by atoms with Crippen LogP contribution < -0.4 is 4.90 Å². The van der Waals surface area contributed by atoms with Crippen LogP contribution in [0.25, 0.3) is 0 Å². The van der Waals surface area contributed by atoms with Gasteiger partial charge in [0.15, 0.2) is 0 Å². The van der Waals surface area contributed by atoms with E-state index in [1.807, 2.05) is 4.90 Å². The lowest BCUT2D eigenvalue weighted by Gasteiger charge is -2.32. The number of carbonyl (C=O) groups excluding carboxylic acids is 2. The van der Waals surface area contributed by atoms with Crippen LogP contribution in [0.15, 0.2) is 18.2 Å². The highest BCUT2D eigenvalue weighted by molar-refractivity contribution is 6.00. The van der Waals surface area contributed by atoms with Gasteiger partial charge in [0.05, 0.1) is 5.92 Å². The Bertz CT molecular complexity index is 631. The van der Waals surface area contributed by atoms with E-state index in [1.54, 1.807) is 24.0 Å². The van der Waals surface area contributed by atoms with E-state index >= 15 is 0 Å². The van der Waals surface area contributed by atoms with Crippen LogP contribution in [0.1, 0.15) is 31.7 Å². The normalized spacial score (nSPS) is 25.1. The summed E-state index contributed by atoms with van der Waals surface area (Å²) in [5.41, 5.74) is 1.09. The van der Waals surface area contributed by atoms with Crippen molar-refractivity contribution in [2.24, 2.45) is 11.8 Å². The number of amides is 2. The molecule has 0 unspecified atom stereocenters. The number of rotatable bonds is 2. The molecule has 2 atom stereocenters. The Hall–Kier alpha value is -1.91. The summed E-state index contributed by atoms with van der Waals surface area (Å²) in [5.74, 6) is -0.143. The molecule has 0 spiro atoms. The molecule has 1 aromatic carbocycles. The van der Waals surface area contributed by atoms with Crippen molar-refractivity contribution in [1.82, 2.24) is 4.90 Å². The molecule has 0 radical (unpaired) electrons. The van der Waals surface area contributed by atoms with Crippen LogP contribution in [-0.4, -0.2) is 36.3 Å². The number of hydrogen-bond donors (Lipinski definition) is 0. The SMILES string of the molecule is Cc1ccc(N2C[C@H](C(=O)N3CCC[C@H](C)C3)CC2=O)cc1F. The van der Waals surface area contributed by atoms with Gasteiger partial charge in [0.25, 0.3) is 0 Å². The van der Waals surface area contributed by atoms with Crippen LogP contribution in [0.2, 0.25) is 0 Å². The molecule has 2 aliphatic heterocycles.